The predicted octanol–water partition coefficient (Wildman–Crippen LogP) is 1.90. The van der Waals surface area contributed by atoms with Gasteiger partial charge in [-0.2, -0.15) is 8.78 Å². The molecule has 21 heavy (non-hydrogen) atoms. The van der Waals surface area contributed by atoms with E-state index in [-0.39, 0.29) is 24.1 Å². The van der Waals surface area contributed by atoms with Crippen molar-refractivity contribution in [3.8, 4) is 11.5 Å². The first-order chi connectivity index (χ1) is 9.85. The van der Waals surface area contributed by atoms with Gasteiger partial charge in [0.2, 0.25) is 5.91 Å². The minimum Gasteiger partial charge on any atom is -0.497 e. The molecule has 0 saturated heterocycles. The van der Waals surface area contributed by atoms with E-state index in [0.29, 0.717) is 11.3 Å². The number of hydrogen-bond donors (Lipinski definition) is 2. The summed E-state index contributed by atoms with van der Waals surface area (Å²) >= 11 is 0. The summed E-state index contributed by atoms with van der Waals surface area (Å²) in [6.07, 6.45) is 0. The highest BCUT2D eigenvalue weighted by Crippen LogP contribution is 2.25. The normalized spacial score (nSPS) is 12.4. The molecule has 1 amide bonds. The third kappa shape index (κ3) is 5.18. The maximum atomic E-state index is 12.4. The lowest BCUT2D eigenvalue weighted by molar-refractivity contribution is -0.123. The summed E-state index contributed by atoms with van der Waals surface area (Å²) in [7, 11) is 1.46. The minimum absolute atomic E-state index is 0.00998. The van der Waals surface area contributed by atoms with Gasteiger partial charge in [-0.1, -0.05) is 13.8 Å². The lowest BCUT2D eigenvalue weighted by Crippen LogP contribution is -2.43. The Morgan fingerprint density at radius 2 is 2.05 bits per heavy atom. The topological polar surface area (TPSA) is 73.6 Å². The number of amides is 1. The number of halogens is 2. The fraction of sp³-hybridized carbons (Fsp3) is 0.500. The largest absolute Gasteiger partial charge is 0.497 e. The predicted molar refractivity (Wildman–Crippen MR) is 74.3 cm³/mol. The highest BCUT2D eigenvalue weighted by atomic mass is 19.3. The monoisotopic (exact) mass is 302 g/mol. The van der Waals surface area contributed by atoms with Gasteiger partial charge in [0.15, 0.2) is 0 Å². The van der Waals surface area contributed by atoms with Crippen molar-refractivity contribution in [1.82, 2.24) is 5.32 Å². The molecule has 0 radical (unpaired) electrons. The summed E-state index contributed by atoms with van der Waals surface area (Å²) in [4.78, 5) is 11.8. The molecule has 5 nitrogen and oxygen atoms in total. The number of hydrogen-bond acceptors (Lipinski definition) is 4. The van der Waals surface area contributed by atoms with E-state index in [1.54, 1.807) is 0 Å². The van der Waals surface area contributed by atoms with Crippen LogP contribution in [-0.2, 0) is 11.3 Å². The van der Waals surface area contributed by atoms with Gasteiger partial charge in [0.05, 0.1) is 13.2 Å². The Hall–Kier alpha value is -1.89. The number of carbonyl (C=O) groups excluding carboxylic acids is 1. The van der Waals surface area contributed by atoms with Gasteiger partial charge in [-0.25, -0.2) is 0 Å². The SMILES string of the molecule is COc1ccc(OC(F)F)c(CNC(=O)[C@@H](N)C(C)C)c1. The van der Waals surface area contributed by atoms with Gasteiger partial charge >= 0.3 is 6.61 Å². The van der Waals surface area contributed by atoms with Crippen LogP contribution in [0.1, 0.15) is 19.4 Å². The van der Waals surface area contributed by atoms with Crippen LogP contribution in [0.15, 0.2) is 18.2 Å². The molecule has 0 bridgehead atoms. The number of methoxy groups -OCH3 is 1. The molecule has 0 saturated carbocycles. The van der Waals surface area contributed by atoms with E-state index in [2.05, 4.69) is 10.1 Å². The third-order valence-corrected chi connectivity index (χ3v) is 2.96. The Bertz CT molecular complexity index is 481. The standard InChI is InChI=1S/C14H20F2N2O3/c1-8(2)12(17)13(19)18-7-9-6-10(20-3)4-5-11(9)21-14(15)16/h4-6,8,12,14H,7,17H2,1-3H3,(H,18,19)/t12-/m0/s1. The van der Waals surface area contributed by atoms with Gasteiger partial charge in [0.25, 0.3) is 0 Å². The zero-order valence-corrected chi connectivity index (χ0v) is 12.2. The van der Waals surface area contributed by atoms with E-state index < -0.39 is 12.7 Å². The zero-order valence-electron chi connectivity index (χ0n) is 12.2. The Labute approximate surface area is 122 Å². The number of alkyl halides is 2. The van der Waals surface area contributed by atoms with Crippen molar-refractivity contribution in [2.24, 2.45) is 11.7 Å². The average molecular weight is 302 g/mol. The molecule has 0 heterocycles. The van der Waals surface area contributed by atoms with Gasteiger partial charge in [-0.15, -0.1) is 0 Å². The Kier molecular flexibility index (Phi) is 6.36. The van der Waals surface area contributed by atoms with Crippen molar-refractivity contribution in [3.63, 3.8) is 0 Å². The summed E-state index contributed by atoms with van der Waals surface area (Å²) < 4.78 is 34.2. The van der Waals surface area contributed by atoms with E-state index in [9.17, 15) is 13.6 Å². The van der Waals surface area contributed by atoms with E-state index in [1.807, 2.05) is 13.8 Å². The molecular weight excluding hydrogens is 282 g/mol. The van der Waals surface area contributed by atoms with Crippen LogP contribution >= 0.6 is 0 Å². The second kappa shape index (κ2) is 7.78. The molecule has 1 aromatic carbocycles. The second-order valence-electron chi connectivity index (χ2n) is 4.84. The summed E-state index contributed by atoms with van der Waals surface area (Å²) in [5.74, 6) is 0.0983. The van der Waals surface area contributed by atoms with E-state index in [0.717, 1.165) is 0 Å². The smallest absolute Gasteiger partial charge is 0.387 e. The van der Waals surface area contributed by atoms with Gasteiger partial charge < -0.3 is 20.5 Å². The fourth-order valence-electron chi connectivity index (χ4n) is 1.63. The summed E-state index contributed by atoms with van der Waals surface area (Å²) in [6, 6.07) is 3.74. The van der Waals surface area contributed by atoms with E-state index >= 15 is 0 Å². The fourth-order valence-corrected chi connectivity index (χ4v) is 1.63. The molecule has 3 N–H and O–H groups in total. The van der Waals surface area contributed by atoms with Gasteiger partial charge in [-0.05, 0) is 24.1 Å². The first-order valence-electron chi connectivity index (χ1n) is 6.50. The van der Waals surface area contributed by atoms with Gasteiger partial charge in [0.1, 0.15) is 11.5 Å². The highest BCUT2D eigenvalue weighted by molar-refractivity contribution is 5.81. The van der Waals surface area contributed by atoms with Crippen molar-refractivity contribution in [1.29, 1.82) is 0 Å². The molecule has 7 heteroatoms. The van der Waals surface area contributed by atoms with Crippen LogP contribution in [0.25, 0.3) is 0 Å². The van der Waals surface area contributed by atoms with Crippen LogP contribution < -0.4 is 20.5 Å². The molecular formula is C14H20F2N2O3. The molecule has 1 aromatic rings. The van der Waals surface area contributed by atoms with Crippen LogP contribution in [0.2, 0.25) is 0 Å². The average Bonchev–Trinajstić information content (AvgIpc) is 2.44. The molecule has 1 atom stereocenters. The van der Waals surface area contributed by atoms with Crippen molar-refractivity contribution in [3.05, 3.63) is 23.8 Å². The molecule has 0 aliphatic heterocycles. The van der Waals surface area contributed by atoms with Gasteiger partial charge in [0, 0.05) is 12.1 Å². The number of benzene rings is 1. The first-order valence-corrected chi connectivity index (χ1v) is 6.50. The van der Waals surface area contributed by atoms with Crippen LogP contribution in [0.4, 0.5) is 8.78 Å². The maximum absolute atomic E-state index is 12.4. The summed E-state index contributed by atoms with van der Waals surface area (Å²) in [5.41, 5.74) is 6.10. The molecule has 0 aliphatic carbocycles. The zero-order chi connectivity index (χ0) is 16.0. The molecule has 0 spiro atoms. The van der Waals surface area contributed by atoms with Crippen LogP contribution in [0.5, 0.6) is 11.5 Å². The molecule has 118 valence electrons. The number of ether oxygens (including phenoxy) is 2. The number of nitrogens with two attached hydrogens (primary N) is 1. The third-order valence-electron chi connectivity index (χ3n) is 2.96. The Morgan fingerprint density at radius 1 is 1.38 bits per heavy atom. The highest BCUT2D eigenvalue weighted by Gasteiger charge is 2.18. The van der Waals surface area contributed by atoms with E-state index in [4.69, 9.17) is 10.5 Å². The molecule has 0 fully saturated rings. The lowest BCUT2D eigenvalue weighted by atomic mass is 10.0. The first kappa shape index (κ1) is 17.2. The molecule has 0 unspecified atom stereocenters. The molecule has 1 rings (SSSR count). The van der Waals surface area contributed by atoms with Crippen LogP contribution in [0.3, 0.4) is 0 Å². The Morgan fingerprint density at radius 3 is 2.57 bits per heavy atom. The quantitative estimate of drug-likeness (QED) is 0.807. The van der Waals surface area contributed by atoms with Crippen LogP contribution in [0, 0.1) is 5.92 Å². The van der Waals surface area contributed by atoms with Crippen molar-refractivity contribution in [2.45, 2.75) is 33.0 Å². The molecule has 0 aliphatic rings. The number of carbonyl (C=O) groups is 1. The lowest BCUT2D eigenvalue weighted by Gasteiger charge is -2.17. The summed E-state index contributed by atoms with van der Waals surface area (Å²) in [5, 5.41) is 2.60. The van der Waals surface area contributed by atoms with Gasteiger partial charge in [-0.3, -0.25) is 4.79 Å². The van der Waals surface area contributed by atoms with Crippen molar-refractivity contribution >= 4 is 5.91 Å². The molecule has 0 aromatic heterocycles. The van der Waals surface area contributed by atoms with Crippen molar-refractivity contribution < 1.29 is 23.0 Å². The number of rotatable bonds is 7. The number of nitrogens with one attached hydrogen (secondary N) is 1. The van der Waals surface area contributed by atoms with Crippen molar-refractivity contribution in [2.75, 3.05) is 7.11 Å². The van der Waals surface area contributed by atoms with Crippen LogP contribution in [-0.4, -0.2) is 25.7 Å². The van der Waals surface area contributed by atoms with E-state index in [1.165, 1.54) is 25.3 Å². The Balaban J connectivity index is 2.82. The second-order valence-corrected chi connectivity index (χ2v) is 4.84. The maximum Gasteiger partial charge on any atom is 0.387 e. The minimum atomic E-state index is -2.94. The summed E-state index contributed by atoms with van der Waals surface area (Å²) in [6.45, 7) is 0.728.